The largest absolute Gasteiger partial charge is 0.425 e. The van der Waals surface area contributed by atoms with Gasteiger partial charge in [0.1, 0.15) is 5.56 Å². The van der Waals surface area contributed by atoms with Crippen LogP contribution < -0.4 is 4.74 Å². The second-order valence-electron chi connectivity index (χ2n) is 2.29. The van der Waals surface area contributed by atoms with Gasteiger partial charge in [0.2, 0.25) is 0 Å². The van der Waals surface area contributed by atoms with Gasteiger partial charge < -0.3 is 4.74 Å². The van der Waals surface area contributed by atoms with Crippen LogP contribution in [-0.2, 0) is 17.6 Å². The molecule has 66 valence electrons. The van der Waals surface area contributed by atoms with E-state index in [2.05, 4.69) is 23.1 Å². The third-order valence-electron chi connectivity index (χ3n) is 1.31. The summed E-state index contributed by atoms with van der Waals surface area (Å²) in [4.78, 5) is 10.7. The minimum atomic E-state index is -0.376. The summed E-state index contributed by atoms with van der Waals surface area (Å²) in [5.74, 6) is 0.0437. The van der Waals surface area contributed by atoms with Crippen LogP contribution in [0.4, 0.5) is 0 Å². The molecular weight excluding hydrogens is 186 g/mol. The van der Waals surface area contributed by atoms with Gasteiger partial charge in [0, 0.05) is 6.92 Å². The maximum atomic E-state index is 10.7. The van der Waals surface area contributed by atoms with Gasteiger partial charge in [-0.05, 0) is 12.1 Å². The number of benzene rings is 1. The van der Waals surface area contributed by atoms with E-state index >= 15 is 0 Å². The van der Waals surface area contributed by atoms with E-state index in [9.17, 15) is 4.79 Å². The number of nitrogens with zero attached hydrogens (tertiary/aromatic N) is 1. The third kappa shape index (κ3) is 2.73. The lowest BCUT2D eigenvalue weighted by Gasteiger charge is -1.99. The molecule has 0 bridgehead atoms. The average Bonchev–Trinajstić information content (AvgIpc) is 2.08. The van der Waals surface area contributed by atoms with E-state index in [-0.39, 0.29) is 5.97 Å². The monoisotopic (exact) mass is 193 g/mol. The summed E-state index contributed by atoms with van der Waals surface area (Å²) in [7, 11) is 0. The highest BCUT2D eigenvalue weighted by Gasteiger charge is 2.05. The van der Waals surface area contributed by atoms with Gasteiger partial charge in [-0.15, -0.1) is 0 Å². The zero-order valence-corrected chi connectivity index (χ0v) is 7.80. The Labute approximate surface area is 81.7 Å². The molecule has 0 aromatic heterocycles. The SMILES string of the molecule is CC(=O)Oc1ccccc1C#[N+][S-]. The Balaban J connectivity index is 3.02. The molecular formula is C9H7NO2S. The highest BCUT2D eigenvalue weighted by molar-refractivity contribution is 7.61. The lowest BCUT2D eigenvalue weighted by Crippen LogP contribution is -2.02. The molecule has 13 heavy (non-hydrogen) atoms. The molecule has 0 unspecified atom stereocenters. The van der Waals surface area contributed by atoms with Gasteiger partial charge in [0.15, 0.2) is 5.75 Å². The second-order valence-corrected chi connectivity index (χ2v) is 2.48. The van der Waals surface area contributed by atoms with Crippen LogP contribution in [-0.4, -0.2) is 5.97 Å². The fourth-order valence-corrected chi connectivity index (χ4v) is 0.950. The molecule has 0 saturated heterocycles. The highest BCUT2D eigenvalue weighted by atomic mass is 32.1. The Morgan fingerprint density at radius 1 is 1.54 bits per heavy atom. The van der Waals surface area contributed by atoms with E-state index in [1.807, 2.05) is 0 Å². The molecule has 0 fully saturated rings. The van der Waals surface area contributed by atoms with Gasteiger partial charge in [-0.2, -0.15) is 4.25 Å². The van der Waals surface area contributed by atoms with Crippen molar-refractivity contribution in [2.45, 2.75) is 6.92 Å². The molecule has 3 nitrogen and oxygen atoms in total. The van der Waals surface area contributed by atoms with Crippen LogP contribution in [0.15, 0.2) is 24.3 Å². The average molecular weight is 193 g/mol. The lowest BCUT2D eigenvalue weighted by atomic mass is 10.2. The molecule has 0 heterocycles. The Kier molecular flexibility index (Phi) is 3.23. The van der Waals surface area contributed by atoms with Crippen LogP contribution in [0.25, 0.3) is 4.25 Å². The number of esters is 1. The number of hydrogen-bond acceptors (Lipinski definition) is 3. The fraction of sp³-hybridized carbons (Fsp3) is 0.111. The topological polar surface area (TPSA) is 30.7 Å². The van der Waals surface area contributed by atoms with E-state index in [1.54, 1.807) is 24.3 Å². The van der Waals surface area contributed by atoms with Crippen LogP contribution in [0.5, 0.6) is 5.75 Å². The Morgan fingerprint density at radius 2 is 2.23 bits per heavy atom. The van der Waals surface area contributed by atoms with Crippen LogP contribution >= 0.6 is 0 Å². The normalized spacial score (nSPS) is 8.38. The van der Waals surface area contributed by atoms with Crippen molar-refractivity contribution < 1.29 is 9.53 Å². The van der Waals surface area contributed by atoms with Gasteiger partial charge >= 0.3 is 5.97 Å². The molecule has 0 amide bonds. The van der Waals surface area contributed by atoms with Gasteiger partial charge in [-0.3, -0.25) is 17.6 Å². The minimum Gasteiger partial charge on any atom is -0.425 e. The molecule has 1 rings (SSSR count). The summed E-state index contributed by atoms with van der Waals surface area (Å²) >= 11 is 4.38. The van der Waals surface area contributed by atoms with E-state index in [1.165, 1.54) is 6.92 Å². The summed E-state index contributed by atoms with van der Waals surface area (Å²) in [5, 5.41) is 0. The quantitative estimate of drug-likeness (QED) is 0.387. The van der Waals surface area contributed by atoms with Gasteiger partial charge in [-0.1, -0.05) is 12.1 Å². The Bertz CT molecular complexity index is 379. The summed E-state index contributed by atoms with van der Waals surface area (Å²) in [5.41, 5.74) is 0.577. The minimum absolute atomic E-state index is 0.376. The van der Waals surface area contributed by atoms with Crippen molar-refractivity contribution in [3.8, 4) is 11.8 Å². The van der Waals surface area contributed by atoms with E-state index in [0.29, 0.717) is 11.3 Å². The van der Waals surface area contributed by atoms with Crippen LogP contribution in [0.2, 0.25) is 0 Å². The van der Waals surface area contributed by atoms with Gasteiger partial charge in [-0.25, -0.2) is 0 Å². The fourth-order valence-electron chi connectivity index (χ4n) is 0.852. The predicted octanol–water partition coefficient (Wildman–Crippen LogP) is 1.75. The van der Waals surface area contributed by atoms with Crippen molar-refractivity contribution >= 4 is 18.8 Å². The summed E-state index contributed by atoms with van der Waals surface area (Å²) in [6.07, 6.45) is 0. The number of para-hydroxylation sites is 1. The Hall–Kier alpha value is -1.60. The van der Waals surface area contributed by atoms with Crippen molar-refractivity contribution in [1.82, 2.24) is 0 Å². The molecule has 0 atom stereocenters. The number of carbonyl (C=O) groups excluding carboxylic acids is 1. The molecule has 1 aromatic carbocycles. The number of ether oxygens (including phenoxy) is 1. The summed E-state index contributed by atoms with van der Waals surface area (Å²) in [6.45, 7) is 1.33. The van der Waals surface area contributed by atoms with Crippen LogP contribution in [0.3, 0.4) is 0 Å². The molecule has 1 aromatic rings. The molecule has 0 spiro atoms. The molecule has 0 aliphatic rings. The van der Waals surface area contributed by atoms with Gasteiger partial charge in [0.05, 0.1) is 0 Å². The van der Waals surface area contributed by atoms with Crippen LogP contribution in [0.1, 0.15) is 12.5 Å². The van der Waals surface area contributed by atoms with Crippen LogP contribution in [0, 0.1) is 6.07 Å². The first kappa shape index (κ1) is 9.49. The predicted molar refractivity (Wildman–Crippen MR) is 51.5 cm³/mol. The Morgan fingerprint density at radius 3 is 2.85 bits per heavy atom. The van der Waals surface area contributed by atoms with E-state index in [0.717, 1.165) is 0 Å². The number of rotatable bonds is 1. The highest BCUT2D eigenvalue weighted by Crippen LogP contribution is 2.16. The third-order valence-corrected chi connectivity index (χ3v) is 1.40. The smallest absolute Gasteiger partial charge is 0.308 e. The molecule has 0 saturated carbocycles. The summed E-state index contributed by atoms with van der Waals surface area (Å²) < 4.78 is 8.21. The van der Waals surface area contributed by atoms with Crippen molar-refractivity contribution in [2.24, 2.45) is 0 Å². The molecule has 0 aliphatic heterocycles. The van der Waals surface area contributed by atoms with Crippen molar-refractivity contribution in [3.05, 3.63) is 34.1 Å². The van der Waals surface area contributed by atoms with Crippen molar-refractivity contribution in [1.29, 1.82) is 0 Å². The molecule has 0 N–H and O–H groups in total. The molecule has 4 heteroatoms. The maximum absolute atomic E-state index is 10.7. The van der Waals surface area contributed by atoms with Crippen molar-refractivity contribution in [3.63, 3.8) is 0 Å². The van der Waals surface area contributed by atoms with Crippen molar-refractivity contribution in [2.75, 3.05) is 0 Å². The maximum Gasteiger partial charge on any atom is 0.308 e. The zero-order valence-electron chi connectivity index (χ0n) is 6.98. The van der Waals surface area contributed by atoms with E-state index < -0.39 is 0 Å². The van der Waals surface area contributed by atoms with Gasteiger partial charge in [0.25, 0.3) is 6.07 Å². The second kappa shape index (κ2) is 4.43. The summed E-state index contributed by atoms with van der Waals surface area (Å²) in [6, 6.07) is 9.46. The first-order valence-electron chi connectivity index (χ1n) is 3.60. The first-order chi connectivity index (χ1) is 6.24. The first-order valence-corrected chi connectivity index (χ1v) is 3.96. The number of carbonyl (C=O) groups is 1. The molecule has 0 aliphatic carbocycles. The van der Waals surface area contributed by atoms with E-state index in [4.69, 9.17) is 4.74 Å². The number of hydrogen-bond donors (Lipinski definition) is 0. The standard InChI is InChI=1S/C9H7NO2S/c1-7(11)12-9-5-3-2-4-8(9)6-10-13/h2-5H,1H3. The molecule has 0 radical (unpaired) electrons. The zero-order chi connectivity index (χ0) is 9.68. The lowest BCUT2D eigenvalue weighted by molar-refractivity contribution is -0.131.